The lowest BCUT2D eigenvalue weighted by Gasteiger charge is -2.20. The summed E-state index contributed by atoms with van der Waals surface area (Å²) in [7, 11) is 0. The van der Waals surface area contributed by atoms with Crippen LogP contribution in [-0.4, -0.2) is 47.9 Å². The smallest absolute Gasteiger partial charge is 0.309 e. The minimum absolute atomic E-state index is 0.306. The number of rotatable bonds is 10. The normalized spacial score (nSPS) is 10.6. The van der Waals surface area contributed by atoms with Crippen LogP contribution in [0.25, 0.3) is 0 Å². The van der Waals surface area contributed by atoms with E-state index < -0.39 is 11.8 Å². The second-order valence-corrected chi connectivity index (χ2v) is 5.50. The minimum atomic E-state index is -0.604. The maximum Gasteiger partial charge on any atom is 0.309 e. The Morgan fingerprint density at radius 2 is 1.78 bits per heavy atom. The van der Waals surface area contributed by atoms with Crippen molar-refractivity contribution in [1.29, 1.82) is 0 Å². The number of hydrogen-bond acceptors (Lipinski definition) is 4. The predicted octanol–water partition coefficient (Wildman–Crippen LogP) is 1.33. The van der Waals surface area contributed by atoms with Gasteiger partial charge in [-0.15, -0.1) is 0 Å². The van der Waals surface area contributed by atoms with Gasteiger partial charge in [0.1, 0.15) is 0 Å². The standard InChI is InChI=1S/C17H28N4O2/c1-3-10-21(11-4-2)12-6-9-19-16(22)17(23)20-14-15-7-5-8-18-13-15/h5,7-8,13H,3-4,6,9-12,14H2,1-2H3,(H,19,22)(H,20,23). The fourth-order valence-electron chi connectivity index (χ4n) is 2.32. The summed E-state index contributed by atoms with van der Waals surface area (Å²) in [5.41, 5.74) is 0.864. The van der Waals surface area contributed by atoms with E-state index in [9.17, 15) is 9.59 Å². The van der Waals surface area contributed by atoms with Gasteiger partial charge in [-0.2, -0.15) is 0 Å². The number of nitrogens with one attached hydrogen (secondary N) is 2. The second-order valence-electron chi connectivity index (χ2n) is 5.50. The first kappa shape index (κ1) is 19.1. The summed E-state index contributed by atoms with van der Waals surface area (Å²) < 4.78 is 0. The van der Waals surface area contributed by atoms with Crippen LogP contribution in [0.4, 0.5) is 0 Å². The highest BCUT2D eigenvalue weighted by atomic mass is 16.2. The molecule has 0 radical (unpaired) electrons. The Balaban J connectivity index is 2.18. The number of carbonyl (C=O) groups is 2. The molecule has 2 N–H and O–H groups in total. The van der Waals surface area contributed by atoms with Crippen LogP contribution >= 0.6 is 0 Å². The Hall–Kier alpha value is -1.95. The molecule has 0 aliphatic rings. The quantitative estimate of drug-likeness (QED) is 0.504. The van der Waals surface area contributed by atoms with Gasteiger partial charge in [0.2, 0.25) is 0 Å². The van der Waals surface area contributed by atoms with Crippen LogP contribution < -0.4 is 10.6 Å². The van der Waals surface area contributed by atoms with E-state index in [1.54, 1.807) is 18.5 Å². The molecule has 6 heteroatoms. The maximum atomic E-state index is 11.7. The van der Waals surface area contributed by atoms with Crippen molar-refractivity contribution in [3.05, 3.63) is 30.1 Å². The Bertz CT molecular complexity index is 459. The summed E-state index contributed by atoms with van der Waals surface area (Å²) in [6.45, 7) is 8.25. The first-order valence-electron chi connectivity index (χ1n) is 8.34. The molecule has 23 heavy (non-hydrogen) atoms. The fraction of sp³-hybridized carbons (Fsp3) is 0.588. The Kier molecular flexibility index (Phi) is 9.63. The monoisotopic (exact) mass is 320 g/mol. The Labute approximate surface area is 138 Å². The molecule has 1 aromatic heterocycles. The SMILES string of the molecule is CCCN(CCC)CCCNC(=O)C(=O)NCc1cccnc1. The Morgan fingerprint density at radius 3 is 2.39 bits per heavy atom. The molecule has 0 fully saturated rings. The summed E-state index contributed by atoms with van der Waals surface area (Å²) in [5, 5.41) is 5.25. The molecule has 6 nitrogen and oxygen atoms in total. The van der Waals surface area contributed by atoms with E-state index in [0.29, 0.717) is 13.1 Å². The van der Waals surface area contributed by atoms with Crippen molar-refractivity contribution >= 4 is 11.8 Å². The van der Waals surface area contributed by atoms with E-state index in [4.69, 9.17) is 0 Å². The summed E-state index contributed by atoms with van der Waals surface area (Å²) in [4.78, 5) is 29.7. The predicted molar refractivity (Wildman–Crippen MR) is 90.7 cm³/mol. The third kappa shape index (κ3) is 8.30. The molecule has 0 aromatic carbocycles. The maximum absolute atomic E-state index is 11.7. The van der Waals surface area contributed by atoms with Crippen LogP contribution in [0.1, 0.15) is 38.7 Å². The van der Waals surface area contributed by atoms with Gasteiger partial charge in [-0.05, 0) is 50.5 Å². The van der Waals surface area contributed by atoms with E-state index >= 15 is 0 Å². The lowest BCUT2D eigenvalue weighted by molar-refractivity contribution is -0.139. The van der Waals surface area contributed by atoms with Gasteiger partial charge in [0.15, 0.2) is 0 Å². The van der Waals surface area contributed by atoms with Gasteiger partial charge in [-0.1, -0.05) is 19.9 Å². The molecule has 0 unspecified atom stereocenters. The fourth-order valence-corrected chi connectivity index (χ4v) is 2.32. The van der Waals surface area contributed by atoms with Gasteiger partial charge in [-0.3, -0.25) is 14.6 Å². The van der Waals surface area contributed by atoms with Gasteiger partial charge in [0.05, 0.1) is 0 Å². The van der Waals surface area contributed by atoms with E-state index in [1.165, 1.54) is 0 Å². The van der Waals surface area contributed by atoms with Crippen molar-refractivity contribution in [2.75, 3.05) is 26.2 Å². The molecule has 0 aliphatic carbocycles. The summed E-state index contributed by atoms with van der Waals surface area (Å²) in [6, 6.07) is 3.64. The van der Waals surface area contributed by atoms with Crippen molar-refractivity contribution in [1.82, 2.24) is 20.5 Å². The lowest BCUT2D eigenvalue weighted by atomic mass is 10.3. The average molecular weight is 320 g/mol. The third-order valence-corrected chi connectivity index (χ3v) is 3.40. The molecule has 0 bridgehead atoms. The Morgan fingerprint density at radius 1 is 1.09 bits per heavy atom. The van der Waals surface area contributed by atoms with Gasteiger partial charge in [0.25, 0.3) is 0 Å². The largest absolute Gasteiger partial charge is 0.348 e. The number of pyridine rings is 1. The number of hydrogen-bond donors (Lipinski definition) is 2. The highest BCUT2D eigenvalue weighted by molar-refractivity contribution is 6.35. The molecule has 1 heterocycles. The highest BCUT2D eigenvalue weighted by Crippen LogP contribution is 1.96. The number of amides is 2. The molecule has 1 rings (SSSR count). The number of nitrogens with zero attached hydrogens (tertiary/aromatic N) is 2. The average Bonchev–Trinajstić information content (AvgIpc) is 2.57. The molecule has 0 saturated carbocycles. The molecule has 128 valence electrons. The van der Waals surface area contributed by atoms with Gasteiger partial charge in [0, 0.05) is 25.5 Å². The summed E-state index contributed by atoms with van der Waals surface area (Å²) in [5.74, 6) is -1.18. The van der Waals surface area contributed by atoms with Crippen molar-refractivity contribution in [3.63, 3.8) is 0 Å². The summed E-state index contributed by atoms with van der Waals surface area (Å²) >= 11 is 0. The molecule has 0 spiro atoms. The topological polar surface area (TPSA) is 74.3 Å². The van der Waals surface area contributed by atoms with Crippen LogP contribution in [0.3, 0.4) is 0 Å². The third-order valence-electron chi connectivity index (χ3n) is 3.40. The molecule has 0 aliphatic heterocycles. The van der Waals surface area contributed by atoms with E-state index in [0.717, 1.165) is 44.5 Å². The molecular weight excluding hydrogens is 292 g/mol. The van der Waals surface area contributed by atoms with E-state index in [1.807, 2.05) is 6.07 Å². The van der Waals surface area contributed by atoms with Crippen molar-refractivity contribution < 1.29 is 9.59 Å². The lowest BCUT2D eigenvalue weighted by Crippen LogP contribution is -2.40. The van der Waals surface area contributed by atoms with Crippen LogP contribution in [-0.2, 0) is 16.1 Å². The molecule has 0 saturated heterocycles. The number of aromatic nitrogens is 1. The zero-order valence-corrected chi connectivity index (χ0v) is 14.2. The summed E-state index contributed by atoms with van der Waals surface area (Å²) in [6.07, 6.45) is 6.43. The first-order chi connectivity index (χ1) is 11.2. The minimum Gasteiger partial charge on any atom is -0.348 e. The zero-order chi connectivity index (χ0) is 16.9. The molecular formula is C17H28N4O2. The van der Waals surface area contributed by atoms with Gasteiger partial charge < -0.3 is 15.5 Å². The second kappa shape index (κ2) is 11.6. The van der Waals surface area contributed by atoms with Gasteiger partial charge in [-0.25, -0.2) is 0 Å². The van der Waals surface area contributed by atoms with Crippen molar-refractivity contribution in [3.8, 4) is 0 Å². The van der Waals surface area contributed by atoms with Crippen molar-refractivity contribution in [2.24, 2.45) is 0 Å². The van der Waals surface area contributed by atoms with E-state index in [2.05, 4.69) is 34.4 Å². The number of carbonyl (C=O) groups excluding carboxylic acids is 2. The first-order valence-corrected chi connectivity index (χ1v) is 8.34. The van der Waals surface area contributed by atoms with Crippen LogP contribution in [0.15, 0.2) is 24.5 Å². The van der Waals surface area contributed by atoms with Gasteiger partial charge >= 0.3 is 11.8 Å². The molecule has 1 aromatic rings. The molecule has 0 atom stereocenters. The van der Waals surface area contributed by atoms with Crippen LogP contribution in [0, 0.1) is 0 Å². The van der Waals surface area contributed by atoms with Crippen molar-refractivity contribution in [2.45, 2.75) is 39.7 Å². The highest BCUT2D eigenvalue weighted by Gasteiger charge is 2.12. The molecule has 2 amide bonds. The van der Waals surface area contributed by atoms with Crippen LogP contribution in [0.5, 0.6) is 0 Å². The van der Waals surface area contributed by atoms with Crippen LogP contribution in [0.2, 0.25) is 0 Å². The van der Waals surface area contributed by atoms with E-state index in [-0.39, 0.29) is 0 Å². The zero-order valence-electron chi connectivity index (χ0n) is 14.2.